The van der Waals surface area contributed by atoms with E-state index in [1.165, 1.54) is 42.2 Å². The Bertz CT molecular complexity index is 1260. The molecular weight excluding hydrogens is 522 g/mol. The Morgan fingerprint density at radius 1 is 1.11 bits per heavy atom. The van der Waals surface area contributed by atoms with Gasteiger partial charge in [0.2, 0.25) is 5.91 Å². The lowest BCUT2D eigenvalue weighted by atomic mass is 10.00. The number of carbonyl (C=O) groups excluding carboxylic acids is 2. The van der Waals surface area contributed by atoms with E-state index in [-0.39, 0.29) is 23.5 Å². The van der Waals surface area contributed by atoms with E-state index >= 15 is 0 Å². The number of nitro groups is 1. The molecule has 1 heterocycles. The molecule has 14 heteroatoms. The monoisotopic (exact) mass is 544 g/mol. The Balaban J connectivity index is 1.77. The van der Waals surface area contributed by atoms with Crippen LogP contribution in [0.5, 0.6) is 0 Å². The molecule has 1 aliphatic heterocycles. The minimum absolute atomic E-state index is 0.0930. The average molecular weight is 544 g/mol. The largest absolute Gasteiger partial charge is 0.416 e. The van der Waals surface area contributed by atoms with Crippen molar-refractivity contribution in [2.24, 2.45) is 5.92 Å². The number of hydrogen-bond donors (Lipinski definition) is 2. The van der Waals surface area contributed by atoms with E-state index in [1.807, 2.05) is 0 Å². The van der Waals surface area contributed by atoms with Crippen LogP contribution in [0.3, 0.4) is 0 Å². The molecule has 3 rings (SSSR count). The number of anilines is 2. The Morgan fingerprint density at radius 3 is 2.39 bits per heavy atom. The number of carbonyl (C=O) groups is 2. The van der Waals surface area contributed by atoms with Crippen molar-refractivity contribution in [1.29, 1.82) is 0 Å². The van der Waals surface area contributed by atoms with Gasteiger partial charge in [-0.15, -0.1) is 0 Å². The number of nitrogens with one attached hydrogen (secondary N) is 2. The Labute approximate surface area is 212 Å². The molecule has 204 valence electrons. The lowest BCUT2D eigenvalue weighted by molar-refractivity contribution is -0.385. The number of rotatable bonds is 7. The first-order valence-electron chi connectivity index (χ1n) is 11.2. The summed E-state index contributed by atoms with van der Waals surface area (Å²) in [7, 11) is 0. The lowest BCUT2D eigenvalue weighted by Gasteiger charge is -2.29. The van der Waals surface area contributed by atoms with Gasteiger partial charge in [-0.2, -0.15) is 26.3 Å². The molecule has 2 N–H and O–H groups in total. The maximum absolute atomic E-state index is 13.2. The molecule has 0 saturated carbocycles. The van der Waals surface area contributed by atoms with Crippen molar-refractivity contribution in [3.63, 3.8) is 0 Å². The molecule has 0 radical (unpaired) electrons. The quantitative estimate of drug-likeness (QED) is 0.277. The molecule has 0 fully saturated rings. The summed E-state index contributed by atoms with van der Waals surface area (Å²) >= 11 is 0. The van der Waals surface area contributed by atoms with Gasteiger partial charge >= 0.3 is 12.4 Å². The number of amides is 2. The lowest BCUT2D eigenvalue weighted by Crippen LogP contribution is -2.44. The highest BCUT2D eigenvalue weighted by molar-refractivity contribution is 6.04. The SMILES string of the molecule is C[C@@H](NC(=O)C1C=CC(=O)N(c2cccc(N[C@H](C)C(F)(F)F)c2)C1)c1cc([N+](=O)[O-])cc(C(F)(F)F)c1. The number of hydrogen-bond acceptors (Lipinski definition) is 5. The van der Waals surface area contributed by atoms with Gasteiger partial charge in [-0.1, -0.05) is 12.1 Å². The highest BCUT2D eigenvalue weighted by Gasteiger charge is 2.36. The van der Waals surface area contributed by atoms with E-state index in [0.717, 1.165) is 19.1 Å². The number of alkyl halides is 6. The van der Waals surface area contributed by atoms with Crippen LogP contribution in [0.1, 0.15) is 31.0 Å². The third kappa shape index (κ3) is 6.81. The van der Waals surface area contributed by atoms with Crippen molar-refractivity contribution in [2.75, 3.05) is 16.8 Å². The first kappa shape index (κ1) is 28.5. The van der Waals surface area contributed by atoms with Crippen molar-refractivity contribution in [3.8, 4) is 0 Å². The van der Waals surface area contributed by atoms with E-state index in [1.54, 1.807) is 0 Å². The maximum Gasteiger partial charge on any atom is 0.416 e. The normalized spacial score (nSPS) is 17.6. The summed E-state index contributed by atoms with van der Waals surface area (Å²) in [5, 5.41) is 15.9. The summed E-state index contributed by atoms with van der Waals surface area (Å²) in [6.07, 6.45) is -6.95. The van der Waals surface area contributed by atoms with Crippen LogP contribution in [0.25, 0.3) is 0 Å². The predicted molar refractivity (Wildman–Crippen MR) is 125 cm³/mol. The van der Waals surface area contributed by atoms with Gasteiger partial charge in [-0.25, -0.2) is 0 Å². The van der Waals surface area contributed by atoms with Gasteiger partial charge in [0.05, 0.1) is 22.4 Å². The Hall–Kier alpha value is -4.10. The Kier molecular flexibility index (Phi) is 8.03. The van der Waals surface area contributed by atoms with E-state index < -0.39 is 58.3 Å². The number of benzene rings is 2. The van der Waals surface area contributed by atoms with E-state index in [9.17, 15) is 46.0 Å². The van der Waals surface area contributed by atoms with Crippen LogP contribution in [-0.2, 0) is 15.8 Å². The Morgan fingerprint density at radius 2 is 1.79 bits per heavy atom. The molecule has 38 heavy (non-hydrogen) atoms. The highest BCUT2D eigenvalue weighted by Crippen LogP contribution is 2.34. The van der Waals surface area contributed by atoms with Crippen LogP contribution in [0.4, 0.5) is 43.4 Å². The summed E-state index contributed by atoms with van der Waals surface area (Å²) in [5.41, 5.74) is -1.87. The average Bonchev–Trinajstić information content (AvgIpc) is 2.83. The second kappa shape index (κ2) is 10.7. The first-order chi connectivity index (χ1) is 17.6. The molecular formula is C24H22F6N4O4. The van der Waals surface area contributed by atoms with Gasteiger partial charge in [-0.05, 0) is 43.7 Å². The van der Waals surface area contributed by atoms with Crippen molar-refractivity contribution in [3.05, 3.63) is 75.9 Å². The molecule has 0 aliphatic carbocycles. The summed E-state index contributed by atoms with van der Waals surface area (Å²) in [6.45, 7) is 2.08. The molecule has 8 nitrogen and oxygen atoms in total. The first-order valence-corrected chi connectivity index (χ1v) is 11.2. The van der Waals surface area contributed by atoms with Crippen LogP contribution in [0, 0.1) is 16.0 Å². The number of halogens is 6. The van der Waals surface area contributed by atoms with Gasteiger partial charge < -0.3 is 15.5 Å². The zero-order valence-electron chi connectivity index (χ0n) is 19.9. The summed E-state index contributed by atoms with van der Waals surface area (Å²) in [4.78, 5) is 36.7. The molecule has 1 aliphatic rings. The fraction of sp³-hybridized carbons (Fsp3) is 0.333. The zero-order valence-corrected chi connectivity index (χ0v) is 19.9. The van der Waals surface area contributed by atoms with Crippen LogP contribution in [-0.4, -0.2) is 35.5 Å². The second-order valence-corrected chi connectivity index (χ2v) is 8.67. The minimum atomic E-state index is -4.85. The van der Waals surface area contributed by atoms with Gasteiger partial charge in [0.25, 0.3) is 11.6 Å². The van der Waals surface area contributed by atoms with Crippen molar-refractivity contribution in [2.45, 2.75) is 38.3 Å². The molecule has 2 amide bonds. The van der Waals surface area contributed by atoms with Gasteiger partial charge in [-0.3, -0.25) is 19.7 Å². The molecule has 1 unspecified atom stereocenters. The van der Waals surface area contributed by atoms with E-state index in [0.29, 0.717) is 12.1 Å². The third-order valence-corrected chi connectivity index (χ3v) is 5.82. The van der Waals surface area contributed by atoms with Gasteiger partial charge in [0.15, 0.2) is 0 Å². The highest BCUT2D eigenvalue weighted by atomic mass is 19.4. The fourth-order valence-corrected chi connectivity index (χ4v) is 3.69. The standard InChI is InChI=1S/C24H22F6N4O4/c1-13(16-8-17(24(28,29)30)10-20(9-16)34(37)38)31-22(36)15-6-7-21(35)33(12-15)19-5-3-4-18(11-19)32-14(2)23(25,26)27/h3-11,13-15,32H,12H2,1-2H3,(H,31,36)/t13-,14-,15?/m1/s1. The molecule has 0 spiro atoms. The fourth-order valence-electron chi connectivity index (χ4n) is 3.69. The van der Waals surface area contributed by atoms with Crippen LogP contribution < -0.4 is 15.5 Å². The van der Waals surface area contributed by atoms with Crippen LogP contribution in [0.15, 0.2) is 54.6 Å². The topological polar surface area (TPSA) is 105 Å². The number of nitrogens with zero attached hydrogens (tertiary/aromatic N) is 2. The van der Waals surface area contributed by atoms with Crippen molar-refractivity contribution in [1.82, 2.24) is 5.32 Å². The van der Waals surface area contributed by atoms with Crippen LogP contribution in [0.2, 0.25) is 0 Å². The smallest absolute Gasteiger partial charge is 0.374 e. The molecule has 0 bridgehead atoms. The van der Waals surface area contributed by atoms with Crippen molar-refractivity contribution >= 4 is 28.9 Å². The van der Waals surface area contributed by atoms with Crippen molar-refractivity contribution < 1.29 is 40.9 Å². The molecule has 2 aromatic carbocycles. The minimum Gasteiger partial charge on any atom is -0.374 e. The van der Waals surface area contributed by atoms with E-state index in [2.05, 4.69) is 10.6 Å². The third-order valence-electron chi connectivity index (χ3n) is 5.82. The molecule has 0 aromatic heterocycles. The summed E-state index contributed by atoms with van der Waals surface area (Å²) in [5.74, 6) is -2.16. The van der Waals surface area contributed by atoms with E-state index in [4.69, 9.17) is 0 Å². The molecule has 3 atom stereocenters. The van der Waals surface area contributed by atoms with Gasteiger partial charge in [0, 0.05) is 36.1 Å². The summed E-state index contributed by atoms with van der Waals surface area (Å²) < 4.78 is 78.3. The second-order valence-electron chi connectivity index (χ2n) is 8.67. The number of nitro benzene ring substituents is 1. The van der Waals surface area contributed by atoms with Crippen LogP contribution >= 0.6 is 0 Å². The zero-order chi connectivity index (χ0) is 28.4. The molecule has 0 saturated heterocycles. The maximum atomic E-state index is 13.2. The van der Waals surface area contributed by atoms with Gasteiger partial charge in [0.1, 0.15) is 6.04 Å². The number of non-ortho nitro benzene ring substituents is 1. The molecule has 2 aromatic rings. The summed E-state index contributed by atoms with van der Waals surface area (Å²) in [6, 6.07) is 4.71. The predicted octanol–water partition coefficient (Wildman–Crippen LogP) is 5.37.